The Kier molecular flexibility index (Phi) is 5.39. The number of ether oxygens (including phenoxy) is 3. The first-order chi connectivity index (χ1) is 13.7. The third-order valence-electron chi connectivity index (χ3n) is 5.61. The highest BCUT2D eigenvalue weighted by Crippen LogP contribution is 2.29. The molecule has 4 rings (SSSR count). The lowest BCUT2D eigenvalue weighted by Gasteiger charge is -2.33. The van der Waals surface area contributed by atoms with Crippen LogP contribution >= 0.6 is 0 Å². The molecule has 1 fully saturated rings. The van der Waals surface area contributed by atoms with Crippen LogP contribution in [0.3, 0.4) is 0 Å². The van der Waals surface area contributed by atoms with Crippen molar-refractivity contribution >= 4 is 5.91 Å². The van der Waals surface area contributed by atoms with Gasteiger partial charge in [0, 0.05) is 12.0 Å². The normalized spacial score (nSPS) is 19.1. The van der Waals surface area contributed by atoms with Crippen LogP contribution in [0.25, 0.3) is 0 Å². The van der Waals surface area contributed by atoms with Crippen LogP contribution in [0.15, 0.2) is 42.5 Å². The number of fused-ring (bicyclic) bond motifs is 1. The summed E-state index contributed by atoms with van der Waals surface area (Å²) in [5.74, 6) is 2.46. The van der Waals surface area contributed by atoms with E-state index in [1.807, 2.05) is 41.3 Å². The van der Waals surface area contributed by atoms with E-state index in [0.29, 0.717) is 6.42 Å². The summed E-state index contributed by atoms with van der Waals surface area (Å²) in [6.45, 7) is 4.29. The van der Waals surface area contributed by atoms with E-state index >= 15 is 0 Å². The molecule has 2 aromatic carbocycles. The summed E-state index contributed by atoms with van der Waals surface area (Å²) in [5, 5.41) is 0. The number of methoxy groups -OCH3 is 2. The quantitative estimate of drug-likeness (QED) is 0.835. The van der Waals surface area contributed by atoms with Gasteiger partial charge in [0.2, 0.25) is 0 Å². The average molecular weight is 383 g/mol. The summed E-state index contributed by atoms with van der Waals surface area (Å²) in [4.78, 5) is 16.3. The van der Waals surface area contributed by atoms with Gasteiger partial charge in [-0.15, -0.1) is 0 Å². The number of rotatable bonds is 5. The van der Waals surface area contributed by atoms with Crippen molar-refractivity contribution in [1.29, 1.82) is 0 Å². The Bertz CT molecular complexity index is 821. The number of nitrogens with one attached hydrogen (secondary N) is 1. The maximum Gasteiger partial charge on any atom is 0.264 e. The third kappa shape index (κ3) is 3.78. The molecule has 1 amide bonds. The largest absolute Gasteiger partial charge is 0.493 e. The molecule has 2 aliphatic heterocycles. The second-order valence-electron chi connectivity index (χ2n) is 7.36. The van der Waals surface area contributed by atoms with Crippen molar-refractivity contribution in [3.8, 4) is 17.2 Å². The molecule has 0 aliphatic carbocycles. The number of hydrogen-bond donors (Lipinski definition) is 1. The molecule has 1 saturated heterocycles. The molecule has 1 N–H and O–H groups in total. The second kappa shape index (κ2) is 8.10. The molecular weight excluding hydrogens is 356 g/mol. The van der Waals surface area contributed by atoms with Gasteiger partial charge in [-0.25, -0.2) is 0 Å². The molecule has 0 bridgehead atoms. The molecule has 2 aliphatic rings. The van der Waals surface area contributed by atoms with Gasteiger partial charge in [0.25, 0.3) is 5.91 Å². The van der Waals surface area contributed by atoms with Crippen LogP contribution < -0.4 is 19.1 Å². The van der Waals surface area contributed by atoms with Crippen LogP contribution in [-0.2, 0) is 17.8 Å². The molecule has 6 heteroatoms. The third-order valence-corrected chi connectivity index (χ3v) is 5.61. The SMILES string of the molecule is COc1ccc(C[NH+]2CCN(C(=O)[C@@H]3Cc4ccccc4O3)CC2)cc1OC. The number of carbonyl (C=O) groups excluding carboxylic acids is 1. The standard InChI is InChI=1S/C22H26N2O4/c1-26-19-8-7-16(13-20(19)27-2)15-23-9-11-24(12-10-23)22(25)21-14-17-5-3-4-6-18(17)28-21/h3-8,13,21H,9-12,14-15H2,1-2H3/p+1/t21-/m0/s1. The van der Waals surface area contributed by atoms with Crippen molar-refractivity contribution in [2.75, 3.05) is 40.4 Å². The molecule has 0 radical (unpaired) electrons. The van der Waals surface area contributed by atoms with Crippen LogP contribution in [0.4, 0.5) is 0 Å². The van der Waals surface area contributed by atoms with Gasteiger partial charge in [-0.2, -0.15) is 0 Å². The maximum atomic E-state index is 12.8. The lowest BCUT2D eigenvalue weighted by atomic mass is 10.1. The van der Waals surface area contributed by atoms with Crippen LogP contribution in [0.5, 0.6) is 17.2 Å². The second-order valence-corrected chi connectivity index (χ2v) is 7.36. The lowest BCUT2D eigenvalue weighted by molar-refractivity contribution is -0.917. The Morgan fingerprint density at radius 3 is 2.57 bits per heavy atom. The summed E-state index contributed by atoms with van der Waals surface area (Å²) in [6.07, 6.45) is 0.304. The van der Waals surface area contributed by atoms with Gasteiger partial charge in [-0.05, 0) is 29.8 Å². The molecule has 0 saturated carbocycles. The maximum absolute atomic E-state index is 12.8. The van der Waals surface area contributed by atoms with E-state index in [-0.39, 0.29) is 12.0 Å². The first-order valence-corrected chi connectivity index (χ1v) is 9.75. The summed E-state index contributed by atoms with van der Waals surface area (Å²) in [5.41, 5.74) is 2.33. The van der Waals surface area contributed by atoms with E-state index in [2.05, 4.69) is 6.07 Å². The van der Waals surface area contributed by atoms with Crippen LogP contribution in [0.2, 0.25) is 0 Å². The van der Waals surface area contributed by atoms with Crippen molar-refractivity contribution in [1.82, 2.24) is 4.90 Å². The number of nitrogens with zero attached hydrogens (tertiary/aromatic N) is 1. The Hall–Kier alpha value is -2.73. The van der Waals surface area contributed by atoms with Crippen molar-refractivity contribution < 1.29 is 23.9 Å². The van der Waals surface area contributed by atoms with Crippen LogP contribution in [-0.4, -0.2) is 57.3 Å². The number of para-hydroxylation sites is 1. The highest BCUT2D eigenvalue weighted by molar-refractivity contribution is 5.82. The Morgan fingerprint density at radius 1 is 1.11 bits per heavy atom. The Labute approximate surface area is 165 Å². The van der Waals surface area contributed by atoms with Crippen molar-refractivity contribution in [3.63, 3.8) is 0 Å². The molecule has 1 atom stereocenters. The zero-order chi connectivity index (χ0) is 19.5. The highest BCUT2D eigenvalue weighted by Gasteiger charge is 2.34. The zero-order valence-corrected chi connectivity index (χ0v) is 16.4. The summed E-state index contributed by atoms with van der Waals surface area (Å²) in [6, 6.07) is 14.0. The van der Waals surface area contributed by atoms with E-state index in [1.54, 1.807) is 14.2 Å². The average Bonchev–Trinajstić information content (AvgIpc) is 3.18. The fourth-order valence-corrected chi connectivity index (χ4v) is 4.02. The molecule has 2 heterocycles. The smallest absolute Gasteiger partial charge is 0.264 e. The fraction of sp³-hybridized carbons (Fsp3) is 0.409. The molecule has 0 aromatic heterocycles. The zero-order valence-electron chi connectivity index (χ0n) is 16.4. The lowest BCUT2D eigenvalue weighted by Crippen LogP contribution is -3.13. The number of amides is 1. The Morgan fingerprint density at radius 2 is 1.86 bits per heavy atom. The van der Waals surface area contributed by atoms with Gasteiger partial charge in [0.1, 0.15) is 12.3 Å². The Balaban J connectivity index is 1.31. The van der Waals surface area contributed by atoms with Gasteiger partial charge in [-0.3, -0.25) is 4.79 Å². The number of carbonyl (C=O) groups is 1. The van der Waals surface area contributed by atoms with Crippen LogP contribution in [0, 0.1) is 0 Å². The molecule has 28 heavy (non-hydrogen) atoms. The van der Waals surface area contributed by atoms with E-state index in [4.69, 9.17) is 14.2 Å². The van der Waals surface area contributed by atoms with Gasteiger partial charge in [-0.1, -0.05) is 18.2 Å². The summed E-state index contributed by atoms with van der Waals surface area (Å²) < 4.78 is 16.6. The number of piperazine rings is 1. The monoisotopic (exact) mass is 383 g/mol. The molecule has 0 unspecified atom stereocenters. The topological polar surface area (TPSA) is 52.4 Å². The van der Waals surface area contributed by atoms with Gasteiger partial charge in [0.05, 0.1) is 40.4 Å². The van der Waals surface area contributed by atoms with Crippen LogP contribution in [0.1, 0.15) is 11.1 Å². The van der Waals surface area contributed by atoms with E-state index in [0.717, 1.165) is 55.5 Å². The van der Waals surface area contributed by atoms with Crippen molar-refractivity contribution in [2.45, 2.75) is 19.1 Å². The first-order valence-electron chi connectivity index (χ1n) is 9.75. The van der Waals surface area contributed by atoms with Crippen molar-refractivity contribution in [3.05, 3.63) is 53.6 Å². The van der Waals surface area contributed by atoms with Gasteiger partial charge in [0.15, 0.2) is 17.6 Å². The summed E-state index contributed by atoms with van der Waals surface area (Å²) >= 11 is 0. The minimum atomic E-state index is -0.371. The number of quaternary nitrogens is 1. The van der Waals surface area contributed by atoms with E-state index in [9.17, 15) is 4.79 Å². The number of hydrogen-bond acceptors (Lipinski definition) is 4. The highest BCUT2D eigenvalue weighted by atomic mass is 16.5. The molecular formula is C22H27N2O4+. The summed E-state index contributed by atoms with van der Waals surface area (Å²) in [7, 11) is 3.30. The number of benzene rings is 2. The molecule has 148 valence electrons. The molecule has 0 spiro atoms. The minimum absolute atomic E-state index is 0.112. The minimum Gasteiger partial charge on any atom is -0.493 e. The molecule has 6 nitrogen and oxygen atoms in total. The van der Waals surface area contributed by atoms with E-state index < -0.39 is 0 Å². The predicted octanol–water partition coefficient (Wildman–Crippen LogP) is 0.935. The fourth-order valence-electron chi connectivity index (χ4n) is 4.02. The predicted molar refractivity (Wildman–Crippen MR) is 105 cm³/mol. The van der Waals surface area contributed by atoms with Gasteiger partial charge >= 0.3 is 0 Å². The van der Waals surface area contributed by atoms with Crippen molar-refractivity contribution in [2.24, 2.45) is 0 Å². The van der Waals surface area contributed by atoms with Gasteiger partial charge < -0.3 is 24.0 Å². The molecule has 2 aromatic rings. The van der Waals surface area contributed by atoms with E-state index in [1.165, 1.54) is 10.5 Å². The first kappa shape index (κ1) is 18.6.